The van der Waals surface area contributed by atoms with Gasteiger partial charge in [-0.1, -0.05) is 0 Å². The molecule has 21 heavy (non-hydrogen) atoms. The van der Waals surface area contributed by atoms with Crippen molar-refractivity contribution in [1.82, 2.24) is 20.0 Å². The van der Waals surface area contributed by atoms with Crippen LogP contribution in [0.2, 0.25) is 0 Å². The molecule has 2 heterocycles. The molecule has 0 radical (unpaired) electrons. The standard InChI is InChI=1S/C11H11BrF3N5O/c1-6-9(10(19-18-6)11(13,14)15)17-8(21)2-3-20-5-7(12)4-16-20/h4-5H,2-3H2,1H3,(H,17,21)(H,18,19). The van der Waals surface area contributed by atoms with Gasteiger partial charge in [-0.2, -0.15) is 23.4 Å². The van der Waals surface area contributed by atoms with E-state index in [2.05, 4.69) is 36.5 Å². The molecule has 2 rings (SSSR count). The highest BCUT2D eigenvalue weighted by atomic mass is 79.9. The number of hydrogen-bond donors (Lipinski definition) is 2. The van der Waals surface area contributed by atoms with Crippen LogP contribution in [0.3, 0.4) is 0 Å². The van der Waals surface area contributed by atoms with Crippen LogP contribution >= 0.6 is 15.9 Å². The van der Waals surface area contributed by atoms with Crippen LogP contribution in [-0.2, 0) is 17.5 Å². The molecule has 0 spiro atoms. The summed E-state index contributed by atoms with van der Waals surface area (Å²) in [6, 6.07) is 0. The summed E-state index contributed by atoms with van der Waals surface area (Å²) in [5, 5.41) is 11.6. The summed E-state index contributed by atoms with van der Waals surface area (Å²) in [7, 11) is 0. The third kappa shape index (κ3) is 3.84. The largest absolute Gasteiger partial charge is 0.437 e. The smallest absolute Gasteiger partial charge is 0.323 e. The molecule has 0 fully saturated rings. The number of aryl methyl sites for hydroxylation is 2. The fourth-order valence-electron chi connectivity index (χ4n) is 1.67. The van der Waals surface area contributed by atoms with Gasteiger partial charge in [-0.05, 0) is 22.9 Å². The average Bonchev–Trinajstić information content (AvgIpc) is 2.94. The van der Waals surface area contributed by atoms with Gasteiger partial charge in [-0.3, -0.25) is 14.6 Å². The maximum atomic E-state index is 12.7. The van der Waals surface area contributed by atoms with E-state index < -0.39 is 17.8 Å². The summed E-state index contributed by atoms with van der Waals surface area (Å²) in [5.41, 5.74) is -1.32. The first-order chi connectivity index (χ1) is 9.77. The Balaban J connectivity index is 2.01. The van der Waals surface area contributed by atoms with E-state index in [9.17, 15) is 18.0 Å². The van der Waals surface area contributed by atoms with E-state index in [1.54, 1.807) is 12.4 Å². The van der Waals surface area contributed by atoms with Crippen molar-refractivity contribution in [3.63, 3.8) is 0 Å². The monoisotopic (exact) mass is 365 g/mol. The Kier molecular flexibility index (Phi) is 4.35. The molecule has 114 valence electrons. The summed E-state index contributed by atoms with van der Waals surface area (Å²) in [6.07, 6.45) is -1.41. The molecule has 0 aliphatic heterocycles. The third-order valence-corrected chi connectivity index (χ3v) is 3.06. The first kappa shape index (κ1) is 15.5. The van der Waals surface area contributed by atoms with Crippen LogP contribution in [0.25, 0.3) is 0 Å². The van der Waals surface area contributed by atoms with Crippen molar-refractivity contribution in [3.8, 4) is 0 Å². The number of anilines is 1. The fourth-order valence-corrected chi connectivity index (χ4v) is 1.99. The highest BCUT2D eigenvalue weighted by Gasteiger charge is 2.38. The van der Waals surface area contributed by atoms with Gasteiger partial charge >= 0.3 is 6.18 Å². The maximum absolute atomic E-state index is 12.7. The third-order valence-electron chi connectivity index (χ3n) is 2.65. The van der Waals surface area contributed by atoms with Crippen molar-refractivity contribution >= 4 is 27.5 Å². The van der Waals surface area contributed by atoms with Gasteiger partial charge in [0.05, 0.1) is 22.1 Å². The second-order valence-electron chi connectivity index (χ2n) is 4.29. The molecule has 0 saturated heterocycles. The number of carbonyl (C=O) groups excluding carboxylic acids is 1. The molecule has 0 aliphatic rings. The van der Waals surface area contributed by atoms with Crippen molar-refractivity contribution in [2.75, 3.05) is 5.32 Å². The number of halogens is 4. The molecule has 0 unspecified atom stereocenters. The molecule has 2 N–H and O–H groups in total. The maximum Gasteiger partial charge on any atom is 0.437 e. The minimum Gasteiger partial charge on any atom is -0.323 e. The molecule has 0 atom stereocenters. The number of nitrogens with zero attached hydrogens (tertiary/aromatic N) is 3. The van der Waals surface area contributed by atoms with Crippen molar-refractivity contribution < 1.29 is 18.0 Å². The SMILES string of the molecule is Cc1[nH]nc(C(F)(F)F)c1NC(=O)CCn1cc(Br)cn1. The summed E-state index contributed by atoms with van der Waals surface area (Å²) in [6.45, 7) is 1.66. The molecular weight excluding hydrogens is 355 g/mol. The Morgan fingerprint density at radius 2 is 2.24 bits per heavy atom. The van der Waals surface area contributed by atoms with E-state index in [1.807, 2.05) is 0 Å². The lowest BCUT2D eigenvalue weighted by molar-refractivity contribution is -0.140. The molecule has 0 aromatic carbocycles. The van der Waals surface area contributed by atoms with E-state index in [-0.39, 0.29) is 24.3 Å². The van der Waals surface area contributed by atoms with Crippen LogP contribution in [0.1, 0.15) is 17.8 Å². The number of amides is 1. The minimum atomic E-state index is -4.62. The number of alkyl halides is 3. The van der Waals surface area contributed by atoms with Crippen LogP contribution in [0, 0.1) is 6.92 Å². The van der Waals surface area contributed by atoms with Crippen LogP contribution in [0.4, 0.5) is 18.9 Å². The molecule has 0 bridgehead atoms. The van der Waals surface area contributed by atoms with Gasteiger partial charge in [0.2, 0.25) is 5.91 Å². The van der Waals surface area contributed by atoms with Crippen molar-refractivity contribution in [2.45, 2.75) is 26.1 Å². The molecule has 1 amide bonds. The molecular formula is C11H11BrF3N5O. The van der Waals surface area contributed by atoms with Crippen molar-refractivity contribution in [3.05, 3.63) is 28.3 Å². The number of aromatic nitrogens is 4. The van der Waals surface area contributed by atoms with Gasteiger partial charge in [-0.25, -0.2) is 0 Å². The lowest BCUT2D eigenvalue weighted by atomic mass is 10.2. The zero-order valence-corrected chi connectivity index (χ0v) is 12.4. The average molecular weight is 366 g/mol. The van der Waals surface area contributed by atoms with Gasteiger partial charge in [0.15, 0.2) is 5.69 Å². The minimum absolute atomic E-state index is 0.00393. The van der Waals surface area contributed by atoms with Crippen LogP contribution in [0.5, 0.6) is 0 Å². The molecule has 0 aliphatic carbocycles. The normalized spacial score (nSPS) is 11.7. The molecule has 10 heteroatoms. The summed E-state index contributed by atoms with van der Waals surface area (Å²) < 4.78 is 40.4. The quantitative estimate of drug-likeness (QED) is 0.874. The Bertz CT molecular complexity index is 649. The van der Waals surface area contributed by atoms with Crippen LogP contribution in [0.15, 0.2) is 16.9 Å². The van der Waals surface area contributed by atoms with Crippen molar-refractivity contribution in [1.29, 1.82) is 0 Å². The van der Waals surface area contributed by atoms with E-state index in [0.29, 0.717) is 0 Å². The summed E-state index contributed by atoms with van der Waals surface area (Å²) >= 11 is 3.21. The number of aromatic amines is 1. The number of hydrogen-bond acceptors (Lipinski definition) is 3. The molecule has 2 aromatic heterocycles. The predicted molar refractivity (Wildman–Crippen MR) is 71.5 cm³/mol. The Morgan fingerprint density at radius 3 is 2.81 bits per heavy atom. The first-order valence-electron chi connectivity index (χ1n) is 5.87. The van der Waals surface area contributed by atoms with E-state index in [1.165, 1.54) is 11.6 Å². The van der Waals surface area contributed by atoms with E-state index >= 15 is 0 Å². The Hall–Kier alpha value is -1.84. The van der Waals surface area contributed by atoms with E-state index in [4.69, 9.17) is 0 Å². The predicted octanol–water partition coefficient (Wildman–Crippen LogP) is 2.72. The molecule has 0 saturated carbocycles. The van der Waals surface area contributed by atoms with E-state index in [0.717, 1.165) is 4.47 Å². The zero-order valence-electron chi connectivity index (χ0n) is 10.8. The van der Waals surface area contributed by atoms with Gasteiger partial charge < -0.3 is 5.32 Å². The van der Waals surface area contributed by atoms with Crippen LogP contribution < -0.4 is 5.32 Å². The second kappa shape index (κ2) is 5.88. The van der Waals surface area contributed by atoms with Gasteiger partial charge in [-0.15, -0.1) is 0 Å². The van der Waals surface area contributed by atoms with Crippen molar-refractivity contribution in [2.24, 2.45) is 0 Å². The van der Waals surface area contributed by atoms with Crippen LogP contribution in [-0.4, -0.2) is 25.9 Å². The van der Waals surface area contributed by atoms with Gasteiger partial charge in [0.25, 0.3) is 0 Å². The highest BCUT2D eigenvalue weighted by molar-refractivity contribution is 9.10. The summed E-state index contributed by atoms with van der Waals surface area (Å²) in [4.78, 5) is 11.7. The number of rotatable bonds is 4. The fraction of sp³-hybridized carbons (Fsp3) is 0.364. The Labute approximate surface area is 125 Å². The second-order valence-corrected chi connectivity index (χ2v) is 5.21. The lowest BCUT2D eigenvalue weighted by Crippen LogP contribution is -2.18. The lowest BCUT2D eigenvalue weighted by Gasteiger charge is -2.09. The first-order valence-corrected chi connectivity index (χ1v) is 6.66. The number of nitrogens with one attached hydrogen (secondary N) is 2. The number of H-pyrrole nitrogens is 1. The van der Waals surface area contributed by atoms with Gasteiger partial charge in [0, 0.05) is 19.2 Å². The molecule has 2 aromatic rings. The highest BCUT2D eigenvalue weighted by Crippen LogP contribution is 2.34. The van der Waals surface area contributed by atoms with Gasteiger partial charge in [0.1, 0.15) is 0 Å². The molecule has 6 nitrogen and oxygen atoms in total. The number of carbonyl (C=O) groups is 1. The zero-order chi connectivity index (χ0) is 15.6. The Morgan fingerprint density at radius 1 is 1.52 bits per heavy atom. The topological polar surface area (TPSA) is 75.6 Å². The summed E-state index contributed by atoms with van der Waals surface area (Å²) in [5.74, 6) is -0.545.